The van der Waals surface area contributed by atoms with E-state index in [0.717, 1.165) is 39.1 Å². The standard InChI is InChI=1S/C16H19BrN2OS/c1-5-6-15-13(17)9-16(21-15)14(20)8-7-12-10(2)18-19(4)11(12)3/h7-9H,5-6H2,1-4H3/b8-7+. The molecule has 0 N–H and O–H groups in total. The molecule has 3 nitrogen and oxygen atoms in total. The first kappa shape index (κ1) is 16.2. The van der Waals surface area contributed by atoms with Gasteiger partial charge in [-0.05, 0) is 54.4 Å². The van der Waals surface area contributed by atoms with Gasteiger partial charge in [-0.3, -0.25) is 9.48 Å². The topological polar surface area (TPSA) is 34.9 Å². The van der Waals surface area contributed by atoms with Crippen LogP contribution in [0.1, 0.15) is 44.8 Å². The lowest BCUT2D eigenvalue weighted by Gasteiger charge is -1.94. The van der Waals surface area contributed by atoms with Gasteiger partial charge in [0.2, 0.25) is 0 Å². The van der Waals surface area contributed by atoms with Crippen LogP contribution >= 0.6 is 27.3 Å². The highest BCUT2D eigenvalue weighted by molar-refractivity contribution is 9.10. The number of aromatic nitrogens is 2. The molecule has 0 bridgehead atoms. The number of carbonyl (C=O) groups excluding carboxylic acids is 1. The summed E-state index contributed by atoms with van der Waals surface area (Å²) < 4.78 is 2.88. The second-order valence-electron chi connectivity index (χ2n) is 5.04. The number of carbonyl (C=O) groups is 1. The summed E-state index contributed by atoms with van der Waals surface area (Å²) in [6, 6.07) is 1.92. The van der Waals surface area contributed by atoms with E-state index >= 15 is 0 Å². The van der Waals surface area contributed by atoms with Crippen LogP contribution in [-0.4, -0.2) is 15.6 Å². The predicted octanol–water partition coefficient (Wildman–Crippen LogP) is 4.71. The van der Waals surface area contributed by atoms with Crippen molar-refractivity contribution >= 4 is 39.1 Å². The molecular formula is C16H19BrN2OS. The first-order chi connectivity index (χ1) is 9.93. The highest BCUT2D eigenvalue weighted by Crippen LogP contribution is 2.29. The molecule has 0 radical (unpaired) electrons. The minimum Gasteiger partial charge on any atom is -0.288 e. The molecule has 2 rings (SSSR count). The fraction of sp³-hybridized carbons (Fsp3) is 0.375. The molecule has 0 amide bonds. The summed E-state index contributed by atoms with van der Waals surface area (Å²) in [5, 5.41) is 4.35. The Morgan fingerprint density at radius 1 is 1.48 bits per heavy atom. The van der Waals surface area contributed by atoms with E-state index in [1.54, 1.807) is 17.4 Å². The van der Waals surface area contributed by atoms with Gasteiger partial charge in [0.1, 0.15) is 0 Å². The summed E-state index contributed by atoms with van der Waals surface area (Å²) in [6.07, 6.45) is 5.60. The van der Waals surface area contributed by atoms with Crippen LogP contribution in [0.4, 0.5) is 0 Å². The van der Waals surface area contributed by atoms with Crippen LogP contribution in [0, 0.1) is 13.8 Å². The summed E-state index contributed by atoms with van der Waals surface area (Å²) >= 11 is 5.10. The van der Waals surface area contributed by atoms with E-state index in [9.17, 15) is 4.79 Å². The number of halogens is 1. The smallest absolute Gasteiger partial charge is 0.195 e. The van der Waals surface area contributed by atoms with Crippen molar-refractivity contribution in [1.82, 2.24) is 9.78 Å². The van der Waals surface area contributed by atoms with Gasteiger partial charge in [0, 0.05) is 27.7 Å². The number of hydrogen-bond acceptors (Lipinski definition) is 3. The van der Waals surface area contributed by atoms with Gasteiger partial charge in [-0.1, -0.05) is 13.3 Å². The van der Waals surface area contributed by atoms with Gasteiger partial charge in [-0.25, -0.2) is 0 Å². The van der Waals surface area contributed by atoms with E-state index < -0.39 is 0 Å². The first-order valence-corrected chi connectivity index (χ1v) is 8.55. The molecule has 0 spiro atoms. The first-order valence-electron chi connectivity index (χ1n) is 6.94. The highest BCUT2D eigenvalue weighted by atomic mass is 79.9. The highest BCUT2D eigenvalue weighted by Gasteiger charge is 2.12. The van der Waals surface area contributed by atoms with E-state index in [2.05, 4.69) is 28.0 Å². The van der Waals surface area contributed by atoms with Crippen LogP contribution in [0.15, 0.2) is 16.6 Å². The monoisotopic (exact) mass is 366 g/mol. The van der Waals surface area contributed by atoms with E-state index in [4.69, 9.17) is 0 Å². The Balaban J connectivity index is 2.21. The number of nitrogens with zero attached hydrogens (tertiary/aromatic N) is 2. The fourth-order valence-electron chi connectivity index (χ4n) is 2.20. The second kappa shape index (κ2) is 6.71. The Hall–Kier alpha value is -1.20. The Morgan fingerprint density at radius 3 is 2.76 bits per heavy atom. The normalized spacial score (nSPS) is 11.5. The number of ketones is 1. The zero-order chi connectivity index (χ0) is 15.6. The molecule has 2 aromatic heterocycles. The predicted molar refractivity (Wildman–Crippen MR) is 92.1 cm³/mol. The maximum Gasteiger partial charge on any atom is 0.195 e. The van der Waals surface area contributed by atoms with Crippen molar-refractivity contribution in [3.05, 3.63) is 43.3 Å². The molecule has 2 heterocycles. The van der Waals surface area contributed by atoms with Crippen molar-refractivity contribution in [3.8, 4) is 0 Å². The Kier molecular flexibility index (Phi) is 5.17. The minimum absolute atomic E-state index is 0.0470. The molecule has 0 aliphatic carbocycles. The molecular weight excluding hydrogens is 348 g/mol. The molecule has 2 aromatic rings. The lowest BCUT2D eigenvalue weighted by atomic mass is 10.1. The van der Waals surface area contributed by atoms with Gasteiger partial charge < -0.3 is 0 Å². The van der Waals surface area contributed by atoms with Gasteiger partial charge in [-0.15, -0.1) is 11.3 Å². The van der Waals surface area contributed by atoms with Crippen molar-refractivity contribution in [3.63, 3.8) is 0 Å². The summed E-state index contributed by atoms with van der Waals surface area (Å²) in [6.45, 7) is 6.10. The molecule has 0 fully saturated rings. The van der Waals surface area contributed by atoms with Gasteiger partial charge in [0.15, 0.2) is 5.78 Å². The third kappa shape index (κ3) is 3.52. The van der Waals surface area contributed by atoms with Crippen LogP contribution in [-0.2, 0) is 13.5 Å². The van der Waals surface area contributed by atoms with E-state index in [-0.39, 0.29) is 5.78 Å². The fourth-order valence-corrected chi connectivity index (χ4v) is 4.09. The quantitative estimate of drug-likeness (QED) is 0.567. The minimum atomic E-state index is 0.0470. The number of allylic oxidation sites excluding steroid dienone is 1. The van der Waals surface area contributed by atoms with E-state index in [1.807, 2.05) is 37.7 Å². The van der Waals surface area contributed by atoms with E-state index in [0.29, 0.717) is 0 Å². The number of thiophene rings is 1. The molecule has 0 saturated carbocycles. The third-order valence-corrected chi connectivity index (χ3v) is 5.62. The average Bonchev–Trinajstić information content (AvgIpc) is 2.90. The van der Waals surface area contributed by atoms with Gasteiger partial charge in [0.25, 0.3) is 0 Å². The molecule has 0 atom stereocenters. The zero-order valence-electron chi connectivity index (χ0n) is 12.7. The van der Waals surface area contributed by atoms with Crippen LogP contribution in [0.25, 0.3) is 6.08 Å². The summed E-state index contributed by atoms with van der Waals surface area (Å²) in [5.41, 5.74) is 3.03. The van der Waals surface area contributed by atoms with Crippen molar-refractivity contribution in [1.29, 1.82) is 0 Å². The molecule has 112 valence electrons. The largest absolute Gasteiger partial charge is 0.288 e. The second-order valence-corrected chi connectivity index (χ2v) is 7.03. The van der Waals surface area contributed by atoms with E-state index in [1.165, 1.54) is 4.88 Å². The van der Waals surface area contributed by atoms with Gasteiger partial charge in [-0.2, -0.15) is 5.10 Å². The maximum atomic E-state index is 12.3. The Morgan fingerprint density at radius 2 is 2.19 bits per heavy atom. The lowest BCUT2D eigenvalue weighted by Crippen LogP contribution is -1.93. The number of rotatable bonds is 5. The van der Waals surface area contributed by atoms with Crippen molar-refractivity contribution < 1.29 is 4.79 Å². The van der Waals surface area contributed by atoms with Crippen LogP contribution in [0.5, 0.6) is 0 Å². The molecule has 0 unspecified atom stereocenters. The maximum absolute atomic E-state index is 12.3. The van der Waals surface area contributed by atoms with Crippen LogP contribution in [0.3, 0.4) is 0 Å². The molecule has 0 aromatic carbocycles. The Labute approximate surface area is 137 Å². The molecule has 21 heavy (non-hydrogen) atoms. The molecule has 0 aliphatic heterocycles. The van der Waals surface area contributed by atoms with Gasteiger partial charge >= 0.3 is 0 Å². The van der Waals surface area contributed by atoms with Crippen molar-refractivity contribution in [2.24, 2.45) is 7.05 Å². The number of hydrogen-bond donors (Lipinski definition) is 0. The summed E-state index contributed by atoms with van der Waals surface area (Å²) in [5.74, 6) is 0.0470. The summed E-state index contributed by atoms with van der Waals surface area (Å²) in [7, 11) is 1.91. The molecule has 0 aliphatic rings. The molecule has 5 heteroatoms. The number of aryl methyl sites for hydroxylation is 3. The van der Waals surface area contributed by atoms with Crippen molar-refractivity contribution in [2.45, 2.75) is 33.6 Å². The van der Waals surface area contributed by atoms with Crippen LogP contribution < -0.4 is 0 Å². The molecule has 0 saturated heterocycles. The SMILES string of the molecule is CCCc1sc(C(=O)/C=C/c2c(C)nn(C)c2C)cc1Br. The van der Waals surface area contributed by atoms with Gasteiger partial charge in [0.05, 0.1) is 10.6 Å². The summed E-state index contributed by atoms with van der Waals surface area (Å²) in [4.78, 5) is 14.3. The third-order valence-electron chi connectivity index (χ3n) is 3.44. The van der Waals surface area contributed by atoms with Crippen LogP contribution in [0.2, 0.25) is 0 Å². The Bertz CT molecular complexity index is 697. The zero-order valence-corrected chi connectivity index (χ0v) is 15.1. The van der Waals surface area contributed by atoms with Crippen molar-refractivity contribution in [2.75, 3.05) is 0 Å². The lowest BCUT2D eigenvalue weighted by molar-refractivity contribution is 0.105. The average molecular weight is 367 g/mol.